The zero-order chi connectivity index (χ0) is 14.6. The van der Waals surface area contributed by atoms with Gasteiger partial charge in [-0.1, -0.05) is 11.2 Å². The standard InChI is InChI=1S/C10H14N6O2S2/c1-16-13-10(12-15-16)14-20(17,18)6-5-19-9-4-2-3-8(11)7-9/h2-4,7H,5-6,11H2,1H3,(H,13,14). The summed E-state index contributed by atoms with van der Waals surface area (Å²) in [4.78, 5) is 2.11. The van der Waals surface area contributed by atoms with Crippen LogP contribution in [0.25, 0.3) is 0 Å². The van der Waals surface area contributed by atoms with E-state index < -0.39 is 10.0 Å². The number of aryl methyl sites for hydroxylation is 1. The summed E-state index contributed by atoms with van der Waals surface area (Å²) >= 11 is 1.42. The van der Waals surface area contributed by atoms with Crippen molar-refractivity contribution in [2.24, 2.45) is 7.05 Å². The number of aromatic nitrogens is 4. The summed E-state index contributed by atoms with van der Waals surface area (Å²) in [6.45, 7) is 0. The van der Waals surface area contributed by atoms with E-state index in [1.54, 1.807) is 19.2 Å². The number of nitrogen functional groups attached to an aromatic ring is 1. The fourth-order valence-corrected chi connectivity index (χ4v) is 3.69. The van der Waals surface area contributed by atoms with Crippen LogP contribution < -0.4 is 10.5 Å². The molecule has 10 heteroatoms. The van der Waals surface area contributed by atoms with Crippen LogP contribution in [0, 0.1) is 0 Å². The minimum atomic E-state index is -3.48. The van der Waals surface area contributed by atoms with E-state index in [0.717, 1.165) is 4.90 Å². The third-order valence-corrected chi connectivity index (χ3v) is 4.72. The Morgan fingerprint density at radius 1 is 1.45 bits per heavy atom. The zero-order valence-corrected chi connectivity index (χ0v) is 12.4. The fraction of sp³-hybridized carbons (Fsp3) is 0.300. The first-order valence-electron chi connectivity index (χ1n) is 5.67. The largest absolute Gasteiger partial charge is 0.399 e. The van der Waals surface area contributed by atoms with Gasteiger partial charge in [-0.25, -0.2) is 13.1 Å². The molecule has 1 aromatic carbocycles. The maximum absolute atomic E-state index is 11.8. The Labute approximate surface area is 120 Å². The van der Waals surface area contributed by atoms with Gasteiger partial charge in [0.2, 0.25) is 10.0 Å². The van der Waals surface area contributed by atoms with Gasteiger partial charge in [0.05, 0.1) is 12.8 Å². The van der Waals surface area contributed by atoms with Crippen molar-refractivity contribution in [2.45, 2.75) is 4.90 Å². The van der Waals surface area contributed by atoms with E-state index in [2.05, 4.69) is 20.1 Å². The van der Waals surface area contributed by atoms with E-state index in [1.807, 2.05) is 12.1 Å². The van der Waals surface area contributed by atoms with Crippen LogP contribution in [0.4, 0.5) is 11.6 Å². The molecular weight excluding hydrogens is 300 g/mol. The van der Waals surface area contributed by atoms with Gasteiger partial charge in [0, 0.05) is 16.3 Å². The van der Waals surface area contributed by atoms with Gasteiger partial charge in [-0.2, -0.15) is 4.80 Å². The van der Waals surface area contributed by atoms with Crippen molar-refractivity contribution in [3.05, 3.63) is 24.3 Å². The number of thioether (sulfide) groups is 1. The summed E-state index contributed by atoms with van der Waals surface area (Å²) < 4.78 is 25.9. The van der Waals surface area contributed by atoms with Crippen molar-refractivity contribution in [1.29, 1.82) is 0 Å². The highest BCUT2D eigenvalue weighted by Gasteiger charge is 2.13. The predicted molar refractivity (Wildman–Crippen MR) is 77.8 cm³/mol. The van der Waals surface area contributed by atoms with Crippen LogP contribution in [0.1, 0.15) is 0 Å². The van der Waals surface area contributed by atoms with Gasteiger partial charge in [0.1, 0.15) is 0 Å². The van der Waals surface area contributed by atoms with Crippen LogP contribution in [-0.4, -0.2) is 40.1 Å². The van der Waals surface area contributed by atoms with Crippen molar-refractivity contribution in [2.75, 3.05) is 22.0 Å². The topological polar surface area (TPSA) is 116 Å². The van der Waals surface area contributed by atoms with Gasteiger partial charge in [-0.3, -0.25) is 0 Å². The van der Waals surface area contributed by atoms with Crippen LogP contribution >= 0.6 is 11.8 Å². The minimum Gasteiger partial charge on any atom is -0.399 e. The summed E-state index contributed by atoms with van der Waals surface area (Å²) in [7, 11) is -1.93. The van der Waals surface area contributed by atoms with Gasteiger partial charge in [0.25, 0.3) is 5.95 Å². The van der Waals surface area contributed by atoms with Crippen LogP contribution in [0.3, 0.4) is 0 Å². The lowest BCUT2D eigenvalue weighted by atomic mass is 10.3. The van der Waals surface area contributed by atoms with Crippen LogP contribution in [0.2, 0.25) is 0 Å². The van der Waals surface area contributed by atoms with Gasteiger partial charge in [-0.05, 0) is 23.4 Å². The van der Waals surface area contributed by atoms with Gasteiger partial charge < -0.3 is 5.73 Å². The van der Waals surface area contributed by atoms with Crippen LogP contribution in [-0.2, 0) is 17.1 Å². The molecule has 108 valence electrons. The first-order valence-corrected chi connectivity index (χ1v) is 8.31. The molecule has 0 fully saturated rings. The highest BCUT2D eigenvalue weighted by Crippen LogP contribution is 2.20. The molecule has 0 amide bonds. The third-order valence-electron chi connectivity index (χ3n) is 2.23. The number of sulfonamides is 1. The molecule has 0 saturated carbocycles. The average molecular weight is 314 g/mol. The minimum absolute atomic E-state index is 0.0264. The number of nitrogens with one attached hydrogen (secondary N) is 1. The fourth-order valence-electron chi connectivity index (χ4n) is 1.39. The molecule has 1 aromatic heterocycles. The Kier molecular flexibility index (Phi) is 4.45. The molecule has 0 saturated heterocycles. The highest BCUT2D eigenvalue weighted by atomic mass is 32.2. The molecule has 0 unspecified atom stereocenters. The molecule has 1 heterocycles. The molecule has 2 rings (SSSR count). The van der Waals surface area contributed by atoms with Crippen molar-refractivity contribution < 1.29 is 8.42 Å². The molecule has 0 radical (unpaired) electrons. The Balaban J connectivity index is 1.86. The Morgan fingerprint density at radius 3 is 2.90 bits per heavy atom. The predicted octanol–water partition coefficient (Wildman–Crippen LogP) is 0.326. The van der Waals surface area contributed by atoms with Gasteiger partial charge in [0.15, 0.2) is 0 Å². The van der Waals surface area contributed by atoms with Crippen molar-refractivity contribution in [3.63, 3.8) is 0 Å². The summed E-state index contributed by atoms with van der Waals surface area (Å²) in [6, 6.07) is 7.29. The summed E-state index contributed by atoms with van der Waals surface area (Å²) in [6.07, 6.45) is 0. The molecule has 0 bridgehead atoms. The third kappa shape index (κ3) is 4.38. The van der Waals surface area contributed by atoms with Gasteiger partial charge in [-0.15, -0.1) is 16.9 Å². The highest BCUT2D eigenvalue weighted by molar-refractivity contribution is 8.01. The molecule has 8 nitrogen and oxygen atoms in total. The molecule has 0 aliphatic rings. The quantitative estimate of drug-likeness (QED) is 0.583. The van der Waals surface area contributed by atoms with Crippen LogP contribution in [0.5, 0.6) is 0 Å². The van der Waals surface area contributed by atoms with E-state index in [9.17, 15) is 8.42 Å². The van der Waals surface area contributed by atoms with E-state index in [0.29, 0.717) is 11.4 Å². The van der Waals surface area contributed by atoms with E-state index in [4.69, 9.17) is 5.73 Å². The maximum Gasteiger partial charge on any atom is 0.276 e. The van der Waals surface area contributed by atoms with E-state index in [-0.39, 0.29) is 11.7 Å². The van der Waals surface area contributed by atoms with Gasteiger partial charge >= 0.3 is 0 Å². The van der Waals surface area contributed by atoms with E-state index >= 15 is 0 Å². The number of hydrogen-bond donors (Lipinski definition) is 2. The molecule has 20 heavy (non-hydrogen) atoms. The molecule has 0 atom stereocenters. The number of tetrazole rings is 1. The molecule has 2 aromatic rings. The Hall–Kier alpha value is -1.81. The lowest BCUT2D eigenvalue weighted by molar-refractivity contribution is 0.602. The second-order valence-corrected chi connectivity index (χ2v) is 6.95. The SMILES string of the molecule is Cn1nnc(NS(=O)(=O)CCSc2cccc(N)c2)n1. The lowest BCUT2D eigenvalue weighted by Gasteiger charge is -2.04. The Bertz CT molecular complexity index is 685. The number of rotatable bonds is 6. The number of anilines is 2. The number of benzene rings is 1. The number of nitrogens with zero attached hydrogens (tertiary/aromatic N) is 4. The second kappa shape index (κ2) is 6.09. The van der Waals surface area contributed by atoms with Crippen LogP contribution in [0.15, 0.2) is 29.2 Å². The second-order valence-electron chi connectivity index (χ2n) is 3.94. The van der Waals surface area contributed by atoms with Crippen molar-refractivity contribution in [3.8, 4) is 0 Å². The van der Waals surface area contributed by atoms with E-state index in [1.165, 1.54) is 16.6 Å². The summed E-state index contributed by atoms with van der Waals surface area (Å²) in [5.41, 5.74) is 6.30. The molecule has 3 N–H and O–H groups in total. The lowest BCUT2D eigenvalue weighted by Crippen LogP contribution is -2.19. The first kappa shape index (κ1) is 14.6. The molecule has 0 aliphatic carbocycles. The normalized spacial score (nSPS) is 11.4. The smallest absolute Gasteiger partial charge is 0.276 e. The molecule has 0 aliphatic heterocycles. The Morgan fingerprint density at radius 2 is 2.25 bits per heavy atom. The summed E-state index contributed by atoms with van der Waals surface area (Å²) in [5, 5.41) is 10.9. The summed E-state index contributed by atoms with van der Waals surface area (Å²) in [5.74, 6) is 0.325. The maximum atomic E-state index is 11.8. The first-order chi connectivity index (χ1) is 9.44. The number of hydrogen-bond acceptors (Lipinski definition) is 7. The van der Waals surface area contributed by atoms with Crippen molar-refractivity contribution in [1.82, 2.24) is 20.2 Å². The number of nitrogens with two attached hydrogens (primary N) is 1. The zero-order valence-electron chi connectivity index (χ0n) is 10.7. The monoisotopic (exact) mass is 314 g/mol. The molecular formula is C10H14N6O2S2. The average Bonchev–Trinajstić information content (AvgIpc) is 2.73. The molecule has 0 spiro atoms. The van der Waals surface area contributed by atoms with Crippen molar-refractivity contribution >= 4 is 33.4 Å².